The first kappa shape index (κ1) is 28.7. The van der Waals surface area contributed by atoms with E-state index in [1.807, 2.05) is 41.1 Å². The molecule has 0 fully saturated rings. The molecule has 1 amide bonds. The standard InChI is InChI=1S/C29H30N4O3S3/c1-5-15-33-24(17-37-22-13-9-20(4)10-14-22)31-32-29(33)39-18-25(34)30-27-26(28(35)36-6-2)23(16-38-27)21-11-7-19(3)8-12-21/h5,7-14,16H,1,6,15,17-18H2,2-4H3,(H,30,34). The van der Waals surface area contributed by atoms with Crippen LogP contribution in [0.1, 0.15) is 34.2 Å². The van der Waals surface area contributed by atoms with Crippen molar-refractivity contribution in [1.82, 2.24) is 14.8 Å². The number of thiophene rings is 1. The van der Waals surface area contributed by atoms with Crippen molar-refractivity contribution in [2.24, 2.45) is 0 Å². The predicted octanol–water partition coefficient (Wildman–Crippen LogP) is 7.01. The van der Waals surface area contributed by atoms with Crippen molar-refractivity contribution in [3.8, 4) is 11.1 Å². The molecule has 0 saturated heterocycles. The summed E-state index contributed by atoms with van der Waals surface area (Å²) < 4.78 is 7.28. The molecule has 0 aliphatic rings. The van der Waals surface area contributed by atoms with E-state index in [4.69, 9.17) is 4.74 Å². The summed E-state index contributed by atoms with van der Waals surface area (Å²) in [5, 5.41) is 14.6. The Morgan fingerprint density at radius 2 is 1.74 bits per heavy atom. The average molecular weight is 579 g/mol. The molecule has 0 aliphatic carbocycles. The number of nitrogens with zero attached hydrogens (tertiary/aromatic N) is 3. The van der Waals surface area contributed by atoms with Gasteiger partial charge in [0.05, 0.1) is 18.1 Å². The van der Waals surface area contributed by atoms with Crippen LogP contribution >= 0.6 is 34.9 Å². The van der Waals surface area contributed by atoms with Crippen LogP contribution in [0.3, 0.4) is 0 Å². The highest BCUT2D eigenvalue weighted by Gasteiger charge is 2.23. The summed E-state index contributed by atoms with van der Waals surface area (Å²) in [5.41, 5.74) is 4.34. The van der Waals surface area contributed by atoms with Crippen LogP contribution in [-0.2, 0) is 21.8 Å². The van der Waals surface area contributed by atoms with E-state index in [-0.39, 0.29) is 18.3 Å². The summed E-state index contributed by atoms with van der Waals surface area (Å²) in [6.45, 7) is 10.5. The molecule has 0 atom stereocenters. The number of rotatable bonds is 12. The van der Waals surface area contributed by atoms with Gasteiger partial charge in [-0.2, -0.15) is 0 Å². The van der Waals surface area contributed by atoms with Crippen molar-refractivity contribution in [2.45, 2.75) is 43.1 Å². The van der Waals surface area contributed by atoms with Gasteiger partial charge >= 0.3 is 5.97 Å². The number of aryl methyl sites for hydroxylation is 2. The lowest BCUT2D eigenvalue weighted by Gasteiger charge is -2.10. The van der Waals surface area contributed by atoms with E-state index in [0.717, 1.165) is 27.4 Å². The van der Waals surface area contributed by atoms with E-state index >= 15 is 0 Å². The third-order valence-electron chi connectivity index (χ3n) is 5.71. The molecule has 4 aromatic rings. The molecule has 0 unspecified atom stereocenters. The summed E-state index contributed by atoms with van der Waals surface area (Å²) in [5.74, 6) is 0.871. The molecule has 10 heteroatoms. The van der Waals surface area contributed by atoms with Crippen LogP contribution in [0.4, 0.5) is 5.00 Å². The van der Waals surface area contributed by atoms with E-state index in [9.17, 15) is 9.59 Å². The number of anilines is 1. The third-order valence-corrected chi connectivity index (χ3v) is 8.58. The SMILES string of the molecule is C=CCn1c(CSc2ccc(C)cc2)nnc1SCC(=O)Nc1scc(-c2ccc(C)cc2)c1C(=O)OCC. The van der Waals surface area contributed by atoms with Gasteiger partial charge in [-0.3, -0.25) is 4.79 Å². The van der Waals surface area contributed by atoms with Crippen LogP contribution in [0, 0.1) is 13.8 Å². The van der Waals surface area contributed by atoms with E-state index in [1.165, 1.54) is 28.7 Å². The first-order valence-electron chi connectivity index (χ1n) is 12.4. The molecule has 2 aromatic carbocycles. The van der Waals surface area contributed by atoms with Crippen LogP contribution < -0.4 is 5.32 Å². The van der Waals surface area contributed by atoms with Gasteiger partial charge in [0, 0.05) is 22.4 Å². The number of ether oxygens (including phenoxy) is 1. The lowest BCUT2D eigenvalue weighted by atomic mass is 10.0. The van der Waals surface area contributed by atoms with Crippen LogP contribution in [0.25, 0.3) is 11.1 Å². The summed E-state index contributed by atoms with van der Waals surface area (Å²) in [7, 11) is 0. The maximum atomic E-state index is 13.0. The topological polar surface area (TPSA) is 86.1 Å². The second-order valence-corrected chi connectivity index (χ2v) is 11.5. The largest absolute Gasteiger partial charge is 0.462 e. The summed E-state index contributed by atoms with van der Waals surface area (Å²) >= 11 is 4.29. The number of nitrogens with one attached hydrogen (secondary N) is 1. The zero-order chi connectivity index (χ0) is 27.8. The minimum atomic E-state index is -0.460. The fraction of sp³-hybridized carbons (Fsp3) is 0.241. The Hall–Kier alpha value is -3.34. The van der Waals surface area contributed by atoms with Gasteiger partial charge < -0.3 is 14.6 Å². The first-order chi connectivity index (χ1) is 18.9. The van der Waals surface area contributed by atoms with Gasteiger partial charge in [0.2, 0.25) is 5.91 Å². The highest BCUT2D eigenvalue weighted by atomic mass is 32.2. The lowest BCUT2D eigenvalue weighted by molar-refractivity contribution is -0.113. The Morgan fingerprint density at radius 1 is 1.05 bits per heavy atom. The van der Waals surface area contributed by atoms with E-state index in [0.29, 0.717) is 28.0 Å². The summed E-state index contributed by atoms with van der Waals surface area (Å²) in [6.07, 6.45) is 1.79. The molecule has 0 radical (unpaired) electrons. The Bertz CT molecular complexity index is 1440. The molecule has 2 aromatic heterocycles. The number of aromatic nitrogens is 3. The van der Waals surface area contributed by atoms with Crippen LogP contribution in [0.5, 0.6) is 0 Å². The highest BCUT2D eigenvalue weighted by molar-refractivity contribution is 7.99. The smallest absolute Gasteiger partial charge is 0.341 e. The number of hydrogen-bond donors (Lipinski definition) is 1. The number of esters is 1. The number of carbonyl (C=O) groups excluding carboxylic acids is 2. The maximum absolute atomic E-state index is 13.0. The van der Waals surface area contributed by atoms with Crippen molar-refractivity contribution in [3.05, 3.63) is 89.1 Å². The number of amides is 1. The molecule has 4 rings (SSSR count). The van der Waals surface area contributed by atoms with Crippen LogP contribution in [-0.4, -0.2) is 39.0 Å². The number of benzene rings is 2. The minimum Gasteiger partial charge on any atom is -0.462 e. The van der Waals surface area contributed by atoms with Crippen molar-refractivity contribution in [3.63, 3.8) is 0 Å². The Kier molecular flexibility index (Phi) is 10.0. The number of allylic oxidation sites excluding steroid dienone is 1. The van der Waals surface area contributed by atoms with E-state index in [2.05, 4.69) is 53.3 Å². The first-order valence-corrected chi connectivity index (χ1v) is 15.3. The van der Waals surface area contributed by atoms with Gasteiger partial charge in [0.25, 0.3) is 0 Å². The zero-order valence-corrected chi connectivity index (χ0v) is 24.5. The zero-order valence-electron chi connectivity index (χ0n) is 22.1. The van der Waals surface area contributed by atoms with Crippen molar-refractivity contribution >= 4 is 51.7 Å². The Morgan fingerprint density at radius 3 is 2.41 bits per heavy atom. The van der Waals surface area contributed by atoms with E-state index in [1.54, 1.807) is 24.8 Å². The quantitative estimate of drug-likeness (QED) is 0.110. The van der Waals surface area contributed by atoms with Gasteiger partial charge in [-0.25, -0.2) is 4.79 Å². The summed E-state index contributed by atoms with van der Waals surface area (Å²) in [4.78, 5) is 27.0. The fourth-order valence-electron chi connectivity index (χ4n) is 3.72. The van der Waals surface area contributed by atoms with Crippen LogP contribution in [0.2, 0.25) is 0 Å². The van der Waals surface area contributed by atoms with Gasteiger partial charge in [-0.15, -0.1) is 39.9 Å². The molecular formula is C29H30N4O3S3. The Balaban J connectivity index is 1.45. The normalized spacial score (nSPS) is 10.8. The van der Waals surface area contributed by atoms with Crippen LogP contribution in [0.15, 0.2) is 76.6 Å². The molecule has 0 aliphatic heterocycles. The third kappa shape index (κ3) is 7.40. The van der Waals surface area contributed by atoms with Crippen molar-refractivity contribution in [1.29, 1.82) is 0 Å². The highest BCUT2D eigenvalue weighted by Crippen LogP contribution is 2.36. The minimum absolute atomic E-state index is 0.112. The molecular weight excluding hydrogens is 549 g/mol. The fourth-order valence-corrected chi connectivity index (χ4v) is 6.30. The number of carbonyl (C=O) groups is 2. The summed E-state index contributed by atoms with van der Waals surface area (Å²) in [6, 6.07) is 16.3. The second kappa shape index (κ2) is 13.6. The molecule has 7 nitrogen and oxygen atoms in total. The van der Waals surface area contributed by atoms with Gasteiger partial charge in [0.15, 0.2) is 5.16 Å². The van der Waals surface area contributed by atoms with Crippen molar-refractivity contribution in [2.75, 3.05) is 17.7 Å². The molecule has 0 bridgehead atoms. The van der Waals surface area contributed by atoms with E-state index < -0.39 is 5.97 Å². The molecule has 202 valence electrons. The molecule has 0 spiro atoms. The lowest BCUT2D eigenvalue weighted by Crippen LogP contribution is -2.17. The number of hydrogen-bond acceptors (Lipinski definition) is 8. The second-order valence-electron chi connectivity index (χ2n) is 8.68. The van der Waals surface area contributed by atoms with Crippen molar-refractivity contribution < 1.29 is 14.3 Å². The molecule has 39 heavy (non-hydrogen) atoms. The van der Waals surface area contributed by atoms with Gasteiger partial charge in [-0.05, 0) is 38.5 Å². The predicted molar refractivity (Wildman–Crippen MR) is 161 cm³/mol. The maximum Gasteiger partial charge on any atom is 0.341 e. The average Bonchev–Trinajstić information content (AvgIpc) is 3.52. The van der Waals surface area contributed by atoms with Gasteiger partial charge in [0.1, 0.15) is 16.4 Å². The molecule has 1 N–H and O–H groups in total. The molecule has 2 heterocycles. The van der Waals surface area contributed by atoms with Gasteiger partial charge in [-0.1, -0.05) is 65.4 Å². The number of thioether (sulfide) groups is 2. The monoisotopic (exact) mass is 578 g/mol. The molecule has 0 saturated carbocycles. The Labute approximate surface area is 241 Å².